The monoisotopic (exact) mass is 440 g/mol. The number of carbonyl (C=O) groups is 3. The molecule has 2 aromatic heterocycles. The molecule has 0 amide bonds. The maximum absolute atomic E-state index is 11.8. The maximum Gasteiger partial charge on any atom is 0.435 e. The molecule has 0 bridgehead atoms. The Hall–Kier alpha value is -3.57. The summed E-state index contributed by atoms with van der Waals surface area (Å²) in [6.45, 7) is 9.19. The van der Waals surface area contributed by atoms with Crippen LogP contribution in [0.25, 0.3) is 0 Å². The first-order valence-electron chi connectivity index (χ1n) is 9.36. The fraction of sp³-hybridized carbons (Fsp3) is 0.526. The van der Waals surface area contributed by atoms with Gasteiger partial charge in [-0.05, 0) is 34.6 Å². The van der Waals surface area contributed by atoms with Gasteiger partial charge < -0.3 is 23.7 Å². The quantitative estimate of drug-likeness (QED) is 0.525. The number of hydrogen-bond acceptors (Lipinski definition) is 10. The zero-order chi connectivity index (χ0) is 23.6. The minimum absolute atomic E-state index is 0.0179. The van der Waals surface area contributed by atoms with Crippen LogP contribution in [-0.4, -0.2) is 71.0 Å². The summed E-state index contributed by atoms with van der Waals surface area (Å²) in [7, 11) is 2.81. The van der Waals surface area contributed by atoms with Crippen LogP contribution in [0.4, 0.5) is 4.79 Å². The lowest BCUT2D eigenvalue weighted by molar-refractivity contribution is 0.0505. The van der Waals surface area contributed by atoms with Gasteiger partial charge in [-0.2, -0.15) is 9.78 Å². The predicted molar refractivity (Wildman–Crippen MR) is 107 cm³/mol. The van der Waals surface area contributed by atoms with Crippen LogP contribution in [0.15, 0.2) is 12.4 Å². The summed E-state index contributed by atoms with van der Waals surface area (Å²) >= 11 is 0. The number of aromatic amines is 1. The number of H-pyrrole nitrogens is 1. The fourth-order valence-corrected chi connectivity index (χ4v) is 2.04. The van der Waals surface area contributed by atoms with E-state index in [2.05, 4.69) is 15.3 Å². The highest BCUT2D eigenvalue weighted by Gasteiger charge is 2.24. The summed E-state index contributed by atoms with van der Waals surface area (Å²) in [6.07, 6.45) is 1.91. The smallest absolute Gasteiger partial charge is 0.435 e. The van der Waals surface area contributed by atoms with Gasteiger partial charge in [0.15, 0.2) is 0 Å². The molecule has 2 aromatic rings. The van der Waals surface area contributed by atoms with Crippen molar-refractivity contribution < 1.29 is 38.1 Å². The van der Waals surface area contributed by atoms with Gasteiger partial charge in [-0.15, -0.1) is 5.10 Å². The van der Waals surface area contributed by atoms with Gasteiger partial charge in [0.25, 0.3) is 0 Å². The van der Waals surface area contributed by atoms with E-state index in [-0.39, 0.29) is 18.1 Å². The molecule has 31 heavy (non-hydrogen) atoms. The second-order valence-corrected chi connectivity index (χ2v) is 6.73. The molecule has 0 atom stereocenters. The van der Waals surface area contributed by atoms with Crippen LogP contribution in [0.2, 0.25) is 0 Å². The van der Waals surface area contributed by atoms with Crippen molar-refractivity contribution in [3.05, 3.63) is 23.5 Å². The molecule has 0 fully saturated rings. The second kappa shape index (κ2) is 11.6. The first-order chi connectivity index (χ1) is 14.6. The number of ether oxygens (including phenoxy) is 5. The summed E-state index contributed by atoms with van der Waals surface area (Å²) in [5.74, 6) is -0.685. The van der Waals surface area contributed by atoms with Crippen LogP contribution in [0.1, 0.15) is 55.3 Å². The molecule has 0 unspecified atom stereocenters. The highest BCUT2D eigenvalue weighted by atomic mass is 16.6. The van der Waals surface area contributed by atoms with E-state index in [0.29, 0.717) is 18.1 Å². The van der Waals surface area contributed by atoms with E-state index in [1.165, 1.54) is 26.6 Å². The third-order valence-corrected chi connectivity index (χ3v) is 3.25. The third-order valence-electron chi connectivity index (χ3n) is 3.25. The zero-order valence-corrected chi connectivity index (χ0v) is 18.7. The van der Waals surface area contributed by atoms with E-state index in [4.69, 9.17) is 23.7 Å². The minimum Gasteiger partial charge on any atom is -0.481 e. The van der Waals surface area contributed by atoms with E-state index in [9.17, 15) is 14.4 Å². The molecule has 2 heterocycles. The van der Waals surface area contributed by atoms with Crippen molar-refractivity contribution in [2.75, 3.05) is 27.4 Å². The number of aromatic nitrogens is 4. The fourth-order valence-electron chi connectivity index (χ4n) is 2.04. The number of hydrogen-bond donors (Lipinski definition) is 1. The number of carbonyl (C=O) groups excluding carboxylic acids is 3. The Labute approximate surface area is 179 Å². The molecular weight excluding hydrogens is 412 g/mol. The summed E-state index contributed by atoms with van der Waals surface area (Å²) in [5.41, 5.74) is -0.255. The van der Waals surface area contributed by atoms with E-state index in [0.717, 1.165) is 4.68 Å². The van der Waals surface area contributed by atoms with Crippen LogP contribution in [0.5, 0.6) is 11.8 Å². The van der Waals surface area contributed by atoms with Crippen molar-refractivity contribution in [3.63, 3.8) is 0 Å². The van der Waals surface area contributed by atoms with Gasteiger partial charge in [-0.25, -0.2) is 19.5 Å². The molecule has 0 aromatic carbocycles. The van der Waals surface area contributed by atoms with Crippen LogP contribution in [0.3, 0.4) is 0 Å². The van der Waals surface area contributed by atoms with Crippen molar-refractivity contribution in [2.45, 2.75) is 40.2 Å². The first kappa shape index (κ1) is 25.5. The lowest BCUT2D eigenvalue weighted by Gasteiger charge is -2.18. The average molecular weight is 440 g/mol. The Morgan fingerprint density at radius 1 is 1.00 bits per heavy atom. The van der Waals surface area contributed by atoms with E-state index in [1.54, 1.807) is 34.6 Å². The largest absolute Gasteiger partial charge is 0.481 e. The number of nitrogens with one attached hydrogen (secondary N) is 1. The van der Waals surface area contributed by atoms with Crippen molar-refractivity contribution in [2.24, 2.45) is 0 Å². The SMILES string of the molecule is CCOC(=O)c1cn(C(=O)OC(C)(C)C)nc1OC.CCOC(=O)c1cn[nH]c1OC. The van der Waals surface area contributed by atoms with Gasteiger partial charge in [0.1, 0.15) is 16.7 Å². The number of rotatable bonds is 6. The topological polar surface area (TPSA) is 144 Å². The van der Waals surface area contributed by atoms with E-state index < -0.39 is 23.6 Å². The Morgan fingerprint density at radius 3 is 2.06 bits per heavy atom. The average Bonchev–Trinajstić information content (AvgIpc) is 3.34. The van der Waals surface area contributed by atoms with Crippen LogP contribution >= 0.6 is 0 Å². The number of nitrogens with zero attached hydrogens (tertiary/aromatic N) is 3. The molecule has 172 valence electrons. The molecule has 12 heteroatoms. The minimum atomic E-state index is -0.693. The molecule has 12 nitrogen and oxygen atoms in total. The first-order valence-corrected chi connectivity index (χ1v) is 9.36. The normalized spacial score (nSPS) is 10.4. The number of methoxy groups -OCH3 is 2. The van der Waals surface area contributed by atoms with Crippen LogP contribution in [0, 0.1) is 0 Å². The molecule has 0 aliphatic rings. The van der Waals surface area contributed by atoms with Gasteiger partial charge in [0, 0.05) is 0 Å². The van der Waals surface area contributed by atoms with Crippen LogP contribution in [-0.2, 0) is 14.2 Å². The zero-order valence-electron chi connectivity index (χ0n) is 18.7. The second-order valence-electron chi connectivity index (χ2n) is 6.73. The molecule has 0 aliphatic heterocycles. The Bertz CT molecular complexity index is 882. The Morgan fingerprint density at radius 2 is 1.58 bits per heavy atom. The van der Waals surface area contributed by atoms with Gasteiger partial charge in [-0.1, -0.05) is 0 Å². The molecule has 1 N–H and O–H groups in total. The summed E-state index contributed by atoms with van der Waals surface area (Å²) < 4.78 is 25.4. The Kier molecular flexibility index (Phi) is 9.51. The summed E-state index contributed by atoms with van der Waals surface area (Å²) in [4.78, 5) is 34.6. The van der Waals surface area contributed by atoms with E-state index >= 15 is 0 Å². The maximum atomic E-state index is 11.8. The molecule has 0 aliphatic carbocycles. The molecule has 0 saturated heterocycles. The van der Waals surface area contributed by atoms with E-state index in [1.807, 2.05) is 0 Å². The van der Waals surface area contributed by atoms with Crippen LogP contribution < -0.4 is 9.47 Å². The summed E-state index contributed by atoms with van der Waals surface area (Å²) in [5, 5.41) is 10.0. The van der Waals surface area contributed by atoms with Gasteiger partial charge >= 0.3 is 18.0 Å². The summed E-state index contributed by atoms with van der Waals surface area (Å²) in [6, 6.07) is 0. The van der Waals surface area contributed by atoms with Crippen molar-refractivity contribution in [3.8, 4) is 11.8 Å². The highest BCUT2D eigenvalue weighted by molar-refractivity contribution is 5.92. The van der Waals surface area contributed by atoms with Gasteiger partial charge in [0.05, 0.1) is 39.8 Å². The van der Waals surface area contributed by atoms with Gasteiger partial charge in [0.2, 0.25) is 11.8 Å². The Balaban J connectivity index is 0.000000343. The molecule has 0 saturated carbocycles. The van der Waals surface area contributed by atoms with Crippen molar-refractivity contribution in [1.82, 2.24) is 20.0 Å². The highest BCUT2D eigenvalue weighted by Crippen LogP contribution is 2.18. The molecule has 0 radical (unpaired) electrons. The lowest BCUT2D eigenvalue weighted by Crippen LogP contribution is -2.27. The van der Waals surface area contributed by atoms with Gasteiger partial charge in [-0.3, -0.25) is 0 Å². The number of esters is 2. The third kappa shape index (κ3) is 7.64. The van der Waals surface area contributed by atoms with Crippen molar-refractivity contribution >= 4 is 18.0 Å². The standard InChI is InChI=1S/C12H18N2O5.C7H10N2O3/c1-6-18-10(15)8-7-14(13-9(8)17-5)11(16)19-12(2,3)4;1-3-12-7(10)5-4-8-9-6(5)11-2/h7H,6H2,1-5H3;4H,3H2,1-2H3,(H,8,9). The molecular formula is C19H28N4O8. The van der Waals surface area contributed by atoms with Crippen molar-refractivity contribution in [1.29, 1.82) is 0 Å². The molecule has 2 rings (SSSR count). The molecule has 0 spiro atoms. The predicted octanol–water partition coefficient (Wildman–Crippen LogP) is 2.45. The lowest BCUT2D eigenvalue weighted by atomic mass is 10.2.